The van der Waals surface area contributed by atoms with Gasteiger partial charge in [-0.15, -0.1) is 0 Å². The largest absolute Gasteiger partial charge is 0.479 e. The van der Waals surface area contributed by atoms with Crippen LogP contribution < -0.4 is 10.1 Å². The Balaban J connectivity index is 1.25. The number of halogens is 1. The number of carboxylic acids is 1. The minimum Gasteiger partial charge on any atom is -0.479 e. The molecule has 4 atom stereocenters. The van der Waals surface area contributed by atoms with E-state index in [-0.39, 0.29) is 18.0 Å². The van der Waals surface area contributed by atoms with Gasteiger partial charge in [-0.2, -0.15) is 0 Å². The molecular weight excluding hydrogens is 459 g/mol. The SMILES string of the molecule is CC(C)(OC1CC2C(CNC(=O)c3cccnc3Oc3ccc4nonc4c3)=CC1C2F)C(=O)O. The highest BCUT2D eigenvalue weighted by molar-refractivity contribution is 5.96. The Kier molecular flexibility index (Phi) is 5.72. The molecule has 10 nitrogen and oxygen atoms in total. The van der Waals surface area contributed by atoms with Gasteiger partial charge in [0.15, 0.2) is 5.60 Å². The molecule has 182 valence electrons. The molecule has 5 rings (SSSR count). The van der Waals surface area contributed by atoms with Crippen molar-refractivity contribution in [1.29, 1.82) is 0 Å². The van der Waals surface area contributed by atoms with E-state index in [0.717, 1.165) is 5.57 Å². The van der Waals surface area contributed by atoms with Crippen LogP contribution in [0.4, 0.5) is 4.39 Å². The van der Waals surface area contributed by atoms with Crippen molar-refractivity contribution >= 4 is 22.9 Å². The van der Waals surface area contributed by atoms with Crippen molar-refractivity contribution in [2.24, 2.45) is 11.8 Å². The van der Waals surface area contributed by atoms with Crippen molar-refractivity contribution < 1.29 is 33.2 Å². The lowest BCUT2D eigenvalue weighted by atomic mass is 9.95. The zero-order valence-electron chi connectivity index (χ0n) is 19.0. The minimum atomic E-state index is -1.40. The van der Waals surface area contributed by atoms with Gasteiger partial charge in [-0.3, -0.25) is 4.79 Å². The minimum absolute atomic E-state index is 0.107. The molecule has 1 saturated carbocycles. The first-order chi connectivity index (χ1) is 16.7. The average molecular weight is 482 g/mol. The van der Waals surface area contributed by atoms with Crippen LogP contribution in [0, 0.1) is 11.8 Å². The fraction of sp³-hybridized carbons (Fsp3) is 0.375. The van der Waals surface area contributed by atoms with Gasteiger partial charge in [0.05, 0.1) is 6.10 Å². The van der Waals surface area contributed by atoms with Crippen molar-refractivity contribution in [3.05, 3.63) is 53.7 Å². The highest BCUT2D eigenvalue weighted by Crippen LogP contribution is 2.48. The molecule has 0 spiro atoms. The molecule has 11 heteroatoms. The first kappa shape index (κ1) is 22.9. The second kappa shape index (κ2) is 8.73. The number of nitrogens with zero attached hydrogens (tertiary/aromatic N) is 3. The van der Waals surface area contributed by atoms with E-state index in [1.54, 1.807) is 36.4 Å². The number of nitrogens with one attached hydrogen (secondary N) is 1. The second-order valence-electron chi connectivity index (χ2n) is 9.13. The standard InChI is InChI=1S/C24H23FN4O6/c1-24(2,23(31)32)34-19-10-15-12(8-16(19)20(15)25)11-27-21(30)14-4-3-7-26-22(14)33-13-5-6-17-18(9-13)29-35-28-17/h3-9,15-16,19-20H,10-11H2,1-2H3,(H,27,30)(H,31,32). The molecule has 2 heterocycles. The number of hydrogen-bond acceptors (Lipinski definition) is 8. The maximum Gasteiger partial charge on any atom is 0.335 e. The fourth-order valence-electron chi connectivity index (χ4n) is 4.54. The Morgan fingerprint density at radius 1 is 1.26 bits per heavy atom. The third-order valence-electron chi connectivity index (χ3n) is 6.42. The molecular formula is C24H23FN4O6. The summed E-state index contributed by atoms with van der Waals surface area (Å²) in [4.78, 5) is 28.4. The monoisotopic (exact) mass is 482 g/mol. The van der Waals surface area contributed by atoms with E-state index < -0.39 is 41.6 Å². The molecule has 2 aliphatic carbocycles. The van der Waals surface area contributed by atoms with Gasteiger partial charge < -0.3 is 19.9 Å². The van der Waals surface area contributed by atoms with Crippen LogP contribution in [0.3, 0.4) is 0 Å². The number of pyridine rings is 1. The predicted molar refractivity (Wildman–Crippen MR) is 120 cm³/mol. The van der Waals surface area contributed by atoms with E-state index in [2.05, 4.69) is 25.2 Å². The van der Waals surface area contributed by atoms with Crippen LogP contribution in [0.15, 0.2) is 52.8 Å². The summed E-state index contributed by atoms with van der Waals surface area (Å²) >= 11 is 0. The summed E-state index contributed by atoms with van der Waals surface area (Å²) in [7, 11) is 0. The van der Waals surface area contributed by atoms with Gasteiger partial charge in [0, 0.05) is 30.6 Å². The van der Waals surface area contributed by atoms with Crippen molar-refractivity contribution in [3.63, 3.8) is 0 Å². The quantitative estimate of drug-likeness (QED) is 0.463. The lowest BCUT2D eigenvalue weighted by molar-refractivity contribution is -0.170. The average Bonchev–Trinajstić information content (AvgIpc) is 3.50. The third-order valence-corrected chi connectivity index (χ3v) is 6.42. The number of aromatic nitrogens is 3. The first-order valence-electron chi connectivity index (χ1n) is 11.1. The van der Waals surface area contributed by atoms with Crippen LogP contribution in [0.2, 0.25) is 0 Å². The summed E-state index contributed by atoms with van der Waals surface area (Å²) in [6.07, 6.45) is 1.94. The molecule has 35 heavy (non-hydrogen) atoms. The number of fused-ring (bicyclic) bond motifs is 3. The number of alkyl halides is 1. The molecule has 1 aromatic carbocycles. The molecule has 0 aliphatic heterocycles. The van der Waals surface area contributed by atoms with Crippen molar-refractivity contribution in [3.8, 4) is 11.6 Å². The number of benzene rings is 1. The van der Waals surface area contributed by atoms with Gasteiger partial charge >= 0.3 is 5.97 Å². The number of carbonyl (C=O) groups is 2. The molecule has 3 aromatic rings. The lowest BCUT2D eigenvalue weighted by Crippen LogP contribution is -2.40. The molecule has 1 amide bonds. The summed E-state index contributed by atoms with van der Waals surface area (Å²) in [5.41, 5.74) is 0.654. The number of carbonyl (C=O) groups excluding carboxylic acids is 1. The number of amides is 1. The Labute approximate surface area is 199 Å². The zero-order valence-corrected chi connectivity index (χ0v) is 19.0. The van der Waals surface area contributed by atoms with Crippen LogP contribution in [0.5, 0.6) is 11.6 Å². The van der Waals surface area contributed by atoms with E-state index >= 15 is 0 Å². The van der Waals surface area contributed by atoms with Crippen LogP contribution >= 0.6 is 0 Å². The van der Waals surface area contributed by atoms with E-state index in [0.29, 0.717) is 23.2 Å². The molecule has 1 fully saturated rings. The summed E-state index contributed by atoms with van der Waals surface area (Å²) in [6.45, 7) is 3.06. The van der Waals surface area contributed by atoms with Crippen LogP contribution in [-0.4, -0.2) is 56.7 Å². The van der Waals surface area contributed by atoms with Gasteiger partial charge in [-0.25, -0.2) is 18.8 Å². The van der Waals surface area contributed by atoms with Gasteiger partial charge in [-0.1, -0.05) is 6.08 Å². The number of ether oxygens (including phenoxy) is 2. The summed E-state index contributed by atoms with van der Waals surface area (Å²) < 4.78 is 31.0. The van der Waals surface area contributed by atoms with Gasteiger partial charge in [0.1, 0.15) is 28.5 Å². The molecule has 0 radical (unpaired) electrons. The zero-order chi connectivity index (χ0) is 24.7. The molecule has 2 aromatic heterocycles. The number of rotatable bonds is 8. The van der Waals surface area contributed by atoms with Crippen molar-refractivity contribution in [1.82, 2.24) is 20.6 Å². The molecule has 0 saturated heterocycles. The first-order valence-corrected chi connectivity index (χ1v) is 11.1. The maximum absolute atomic E-state index is 14.9. The van der Waals surface area contributed by atoms with E-state index in [1.807, 2.05) is 0 Å². The smallest absolute Gasteiger partial charge is 0.335 e. The van der Waals surface area contributed by atoms with Gasteiger partial charge in [0.25, 0.3) is 5.91 Å². The van der Waals surface area contributed by atoms with Gasteiger partial charge in [0.2, 0.25) is 5.88 Å². The van der Waals surface area contributed by atoms with E-state index in [1.165, 1.54) is 20.0 Å². The Bertz CT molecular complexity index is 1320. The van der Waals surface area contributed by atoms with E-state index in [9.17, 15) is 19.1 Å². The highest BCUT2D eigenvalue weighted by Gasteiger charge is 2.51. The molecule has 4 unspecified atom stereocenters. The Morgan fingerprint density at radius 2 is 2.06 bits per heavy atom. The summed E-state index contributed by atoms with van der Waals surface area (Å²) in [5.74, 6) is -1.97. The van der Waals surface area contributed by atoms with Crippen LogP contribution in [0.25, 0.3) is 11.0 Å². The molecule has 2 N–H and O–H groups in total. The number of hydrogen-bond donors (Lipinski definition) is 2. The van der Waals surface area contributed by atoms with Crippen LogP contribution in [-0.2, 0) is 9.53 Å². The number of aliphatic carboxylic acids is 1. The Morgan fingerprint density at radius 3 is 2.80 bits per heavy atom. The second-order valence-corrected chi connectivity index (χ2v) is 9.13. The highest BCUT2D eigenvalue weighted by atomic mass is 19.1. The normalized spacial score (nSPS) is 23.3. The topological polar surface area (TPSA) is 137 Å². The third kappa shape index (κ3) is 4.34. The van der Waals surface area contributed by atoms with Crippen molar-refractivity contribution in [2.45, 2.75) is 38.1 Å². The van der Waals surface area contributed by atoms with Gasteiger partial charge in [-0.05, 0) is 60.4 Å². The van der Waals surface area contributed by atoms with Crippen LogP contribution in [0.1, 0.15) is 30.6 Å². The fourth-order valence-corrected chi connectivity index (χ4v) is 4.54. The number of carboxylic acid groups (broad SMARTS) is 1. The molecule has 2 bridgehead atoms. The van der Waals surface area contributed by atoms with E-state index in [4.69, 9.17) is 9.47 Å². The Hall–Kier alpha value is -3.86. The summed E-state index contributed by atoms with van der Waals surface area (Å²) in [6, 6.07) is 8.15. The lowest BCUT2D eigenvalue weighted by Gasteiger charge is -2.29. The molecule has 2 aliphatic rings. The predicted octanol–water partition coefficient (Wildman–Crippen LogP) is 3.30. The van der Waals surface area contributed by atoms with Crippen molar-refractivity contribution in [2.75, 3.05) is 6.54 Å². The maximum atomic E-state index is 14.9. The summed E-state index contributed by atoms with van der Waals surface area (Å²) in [5, 5.41) is 19.6.